The fraction of sp³-hybridized carbons (Fsp3) is 0.286. The van der Waals surface area contributed by atoms with E-state index in [2.05, 4.69) is 5.32 Å². The smallest absolute Gasteiger partial charge is 0.234 e. The largest absolute Gasteiger partial charge is 0.459 e. The van der Waals surface area contributed by atoms with Crippen LogP contribution in [0.1, 0.15) is 24.3 Å². The minimum absolute atomic E-state index is 0.0498. The van der Waals surface area contributed by atoms with Gasteiger partial charge in [-0.05, 0) is 43.8 Å². The number of carbonyl (C=O) groups excluding carboxylic acids is 1. The Hall–Kier alpha value is -2.99. The van der Waals surface area contributed by atoms with Gasteiger partial charge in [0.15, 0.2) is 11.5 Å². The summed E-state index contributed by atoms with van der Waals surface area (Å²) in [5.41, 5.74) is 1.90. The van der Waals surface area contributed by atoms with E-state index in [1.54, 1.807) is 0 Å². The van der Waals surface area contributed by atoms with Crippen LogP contribution in [0.2, 0.25) is 0 Å². The maximum atomic E-state index is 12.4. The zero-order valence-electron chi connectivity index (χ0n) is 15.4. The number of hydrogen-bond donors (Lipinski definition) is 1. The third kappa shape index (κ3) is 3.90. The van der Waals surface area contributed by atoms with Crippen molar-refractivity contribution in [1.82, 2.24) is 10.2 Å². The molecule has 2 aromatic carbocycles. The highest BCUT2D eigenvalue weighted by atomic mass is 16.7. The number of nitrogens with one attached hydrogen (secondary N) is 1. The number of nitrogens with zero attached hydrogens (tertiary/aromatic N) is 1. The fourth-order valence-corrected chi connectivity index (χ4v) is 3.23. The number of hydrogen-bond acceptors (Lipinski definition) is 5. The average molecular weight is 366 g/mol. The van der Waals surface area contributed by atoms with E-state index in [1.807, 2.05) is 67.4 Å². The molecule has 1 aromatic heterocycles. The van der Waals surface area contributed by atoms with Crippen LogP contribution in [-0.2, 0) is 11.3 Å². The zero-order valence-corrected chi connectivity index (χ0v) is 15.4. The van der Waals surface area contributed by atoms with Crippen molar-refractivity contribution < 1.29 is 18.7 Å². The number of para-hydroxylation sites is 1. The van der Waals surface area contributed by atoms with Crippen molar-refractivity contribution in [2.24, 2.45) is 0 Å². The number of rotatable bonds is 6. The van der Waals surface area contributed by atoms with Crippen LogP contribution in [0.5, 0.6) is 11.5 Å². The molecular formula is C21H22N2O4. The summed E-state index contributed by atoms with van der Waals surface area (Å²) in [6, 6.07) is 15.4. The Balaban J connectivity index is 1.32. The van der Waals surface area contributed by atoms with Crippen LogP contribution in [0.4, 0.5) is 0 Å². The van der Waals surface area contributed by atoms with Gasteiger partial charge in [-0.25, -0.2) is 0 Å². The van der Waals surface area contributed by atoms with Crippen molar-refractivity contribution in [2.75, 3.05) is 20.4 Å². The second-order valence-electron chi connectivity index (χ2n) is 6.84. The molecule has 0 radical (unpaired) electrons. The van der Waals surface area contributed by atoms with Crippen LogP contribution in [0, 0.1) is 0 Å². The van der Waals surface area contributed by atoms with Crippen molar-refractivity contribution in [3.8, 4) is 11.5 Å². The van der Waals surface area contributed by atoms with E-state index in [4.69, 9.17) is 13.9 Å². The first-order valence-electron chi connectivity index (χ1n) is 8.93. The topological polar surface area (TPSA) is 63.9 Å². The highest BCUT2D eigenvalue weighted by molar-refractivity contribution is 5.80. The Morgan fingerprint density at radius 3 is 2.81 bits per heavy atom. The summed E-state index contributed by atoms with van der Waals surface area (Å²) >= 11 is 0. The van der Waals surface area contributed by atoms with Gasteiger partial charge in [0.05, 0.1) is 12.6 Å². The van der Waals surface area contributed by atoms with Crippen LogP contribution in [0.25, 0.3) is 11.0 Å². The van der Waals surface area contributed by atoms with Crippen LogP contribution in [-0.4, -0.2) is 31.2 Å². The Morgan fingerprint density at radius 2 is 1.96 bits per heavy atom. The Morgan fingerprint density at radius 1 is 1.15 bits per heavy atom. The fourth-order valence-electron chi connectivity index (χ4n) is 3.23. The normalized spacial score (nSPS) is 13.9. The molecule has 27 heavy (non-hydrogen) atoms. The number of amides is 1. The molecule has 0 spiro atoms. The predicted molar refractivity (Wildman–Crippen MR) is 102 cm³/mol. The second-order valence-corrected chi connectivity index (χ2v) is 6.84. The monoisotopic (exact) mass is 366 g/mol. The molecule has 4 rings (SSSR count). The molecule has 1 aliphatic heterocycles. The lowest BCUT2D eigenvalue weighted by atomic mass is 10.2. The Bertz CT molecular complexity index is 933. The maximum absolute atomic E-state index is 12.4. The molecule has 6 nitrogen and oxygen atoms in total. The number of furan rings is 1. The quantitative estimate of drug-likeness (QED) is 0.724. The van der Waals surface area contributed by atoms with Gasteiger partial charge >= 0.3 is 0 Å². The average Bonchev–Trinajstić information content (AvgIpc) is 3.27. The van der Waals surface area contributed by atoms with Gasteiger partial charge in [-0.1, -0.05) is 24.3 Å². The third-order valence-corrected chi connectivity index (χ3v) is 4.55. The summed E-state index contributed by atoms with van der Waals surface area (Å²) in [6.07, 6.45) is 0. The van der Waals surface area contributed by atoms with E-state index < -0.39 is 0 Å². The third-order valence-electron chi connectivity index (χ3n) is 4.55. The highest BCUT2D eigenvalue weighted by Gasteiger charge is 2.17. The first kappa shape index (κ1) is 17.4. The maximum Gasteiger partial charge on any atom is 0.234 e. The standard InChI is InChI=1S/C21H22N2O4/c1-14(19-10-16-5-3-4-6-17(16)27-19)22-21(24)12-23(2)11-15-7-8-18-20(9-15)26-13-25-18/h3-10,14H,11-13H2,1-2H3,(H,22,24)/t14-/m1/s1. The summed E-state index contributed by atoms with van der Waals surface area (Å²) in [5.74, 6) is 2.22. The van der Waals surface area contributed by atoms with Crippen LogP contribution in [0.15, 0.2) is 52.9 Å². The molecule has 1 amide bonds. The van der Waals surface area contributed by atoms with Crippen molar-refractivity contribution in [3.05, 3.63) is 59.9 Å². The first-order valence-corrected chi connectivity index (χ1v) is 8.93. The summed E-state index contributed by atoms with van der Waals surface area (Å²) < 4.78 is 16.5. The molecule has 0 saturated heterocycles. The molecule has 0 saturated carbocycles. The number of ether oxygens (including phenoxy) is 2. The van der Waals surface area contributed by atoms with Gasteiger partial charge in [0.25, 0.3) is 0 Å². The molecule has 6 heteroatoms. The van der Waals surface area contributed by atoms with Gasteiger partial charge in [0.2, 0.25) is 12.7 Å². The van der Waals surface area contributed by atoms with E-state index in [-0.39, 0.29) is 18.7 Å². The number of carbonyl (C=O) groups is 1. The lowest BCUT2D eigenvalue weighted by Crippen LogP contribution is -2.36. The van der Waals surface area contributed by atoms with Crippen LogP contribution >= 0.6 is 0 Å². The molecule has 3 aromatic rings. The van der Waals surface area contributed by atoms with Gasteiger partial charge in [-0.15, -0.1) is 0 Å². The minimum atomic E-state index is -0.191. The number of fused-ring (bicyclic) bond motifs is 2. The summed E-state index contributed by atoms with van der Waals surface area (Å²) in [5, 5.41) is 4.03. The molecule has 0 fully saturated rings. The summed E-state index contributed by atoms with van der Waals surface area (Å²) in [7, 11) is 1.91. The first-order chi connectivity index (χ1) is 13.1. The lowest BCUT2D eigenvalue weighted by Gasteiger charge is -2.18. The van der Waals surface area contributed by atoms with Gasteiger partial charge in [0.1, 0.15) is 11.3 Å². The summed E-state index contributed by atoms with van der Waals surface area (Å²) in [6.45, 7) is 3.12. The van der Waals surface area contributed by atoms with Gasteiger partial charge in [-0.3, -0.25) is 9.69 Å². The molecule has 2 heterocycles. The molecule has 0 aliphatic carbocycles. The van der Waals surface area contributed by atoms with Crippen molar-refractivity contribution in [2.45, 2.75) is 19.5 Å². The molecule has 1 N–H and O–H groups in total. The van der Waals surface area contributed by atoms with E-state index >= 15 is 0 Å². The van der Waals surface area contributed by atoms with E-state index in [1.165, 1.54) is 0 Å². The highest BCUT2D eigenvalue weighted by Crippen LogP contribution is 2.32. The number of benzene rings is 2. The SMILES string of the molecule is C[C@@H](NC(=O)CN(C)Cc1ccc2c(c1)OCO2)c1cc2ccccc2o1. The van der Waals surface area contributed by atoms with Gasteiger partial charge in [0, 0.05) is 11.9 Å². The second kappa shape index (κ2) is 7.32. The predicted octanol–water partition coefficient (Wildman–Crippen LogP) is 3.47. The molecule has 1 atom stereocenters. The molecular weight excluding hydrogens is 344 g/mol. The van der Waals surface area contributed by atoms with E-state index in [0.29, 0.717) is 13.1 Å². The van der Waals surface area contributed by atoms with Gasteiger partial charge in [-0.2, -0.15) is 0 Å². The summed E-state index contributed by atoms with van der Waals surface area (Å²) in [4.78, 5) is 14.3. The van der Waals surface area contributed by atoms with E-state index in [0.717, 1.165) is 33.8 Å². The number of likely N-dealkylation sites (N-methyl/N-ethyl adjacent to an activating group) is 1. The molecule has 0 bridgehead atoms. The molecule has 0 unspecified atom stereocenters. The Labute approximate surface area is 157 Å². The van der Waals surface area contributed by atoms with Crippen molar-refractivity contribution in [3.63, 3.8) is 0 Å². The minimum Gasteiger partial charge on any atom is -0.459 e. The Kier molecular flexibility index (Phi) is 4.73. The van der Waals surface area contributed by atoms with E-state index in [9.17, 15) is 4.79 Å². The van der Waals surface area contributed by atoms with Gasteiger partial charge < -0.3 is 19.2 Å². The van der Waals surface area contributed by atoms with Crippen LogP contribution in [0.3, 0.4) is 0 Å². The molecule has 1 aliphatic rings. The van der Waals surface area contributed by atoms with Crippen LogP contribution < -0.4 is 14.8 Å². The zero-order chi connectivity index (χ0) is 18.8. The van der Waals surface area contributed by atoms with Crippen molar-refractivity contribution >= 4 is 16.9 Å². The van der Waals surface area contributed by atoms with Crippen molar-refractivity contribution in [1.29, 1.82) is 0 Å². The lowest BCUT2D eigenvalue weighted by molar-refractivity contribution is -0.122. The molecule has 140 valence electrons.